The van der Waals surface area contributed by atoms with E-state index in [1.54, 1.807) is 49.4 Å². The SMILES string of the molecule is CCOC(=O)COc1ccc(/C=N\NC(=O)COc2ccccc2OC)cc1OC. The van der Waals surface area contributed by atoms with Gasteiger partial charge in [0.15, 0.2) is 36.2 Å². The van der Waals surface area contributed by atoms with E-state index in [4.69, 9.17) is 23.7 Å². The molecule has 0 aliphatic rings. The number of nitrogens with zero attached hydrogens (tertiary/aromatic N) is 1. The number of hydrazone groups is 1. The normalized spacial score (nSPS) is 10.4. The molecule has 0 saturated heterocycles. The Balaban J connectivity index is 1.87. The third-order valence-corrected chi connectivity index (χ3v) is 3.67. The Labute approximate surface area is 174 Å². The number of carbonyl (C=O) groups excluding carboxylic acids is 2. The van der Waals surface area contributed by atoms with Gasteiger partial charge in [0.05, 0.1) is 27.0 Å². The van der Waals surface area contributed by atoms with Gasteiger partial charge in [-0.15, -0.1) is 0 Å². The molecule has 1 N–H and O–H groups in total. The van der Waals surface area contributed by atoms with Crippen molar-refractivity contribution in [2.45, 2.75) is 6.92 Å². The number of ether oxygens (including phenoxy) is 5. The molecule has 0 heterocycles. The van der Waals surface area contributed by atoms with Gasteiger partial charge in [-0.3, -0.25) is 4.79 Å². The molecule has 9 nitrogen and oxygen atoms in total. The fourth-order valence-electron chi connectivity index (χ4n) is 2.32. The molecule has 0 radical (unpaired) electrons. The summed E-state index contributed by atoms with van der Waals surface area (Å²) >= 11 is 0. The summed E-state index contributed by atoms with van der Waals surface area (Å²) in [6.45, 7) is 1.56. The number of methoxy groups -OCH3 is 2. The van der Waals surface area contributed by atoms with Crippen molar-refractivity contribution in [1.82, 2.24) is 5.43 Å². The van der Waals surface area contributed by atoms with Gasteiger partial charge in [-0.05, 0) is 42.8 Å². The van der Waals surface area contributed by atoms with E-state index < -0.39 is 11.9 Å². The molecule has 0 unspecified atom stereocenters. The third kappa shape index (κ3) is 7.01. The van der Waals surface area contributed by atoms with Crippen molar-refractivity contribution in [3.8, 4) is 23.0 Å². The fraction of sp³-hybridized carbons (Fsp3) is 0.286. The molecule has 2 aromatic carbocycles. The van der Waals surface area contributed by atoms with E-state index >= 15 is 0 Å². The number of esters is 1. The fourth-order valence-corrected chi connectivity index (χ4v) is 2.32. The van der Waals surface area contributed by atoms with E-state index in [0.29, 0.717) is 28.6 Å². The minimum Gasteiger partial charge on any atom is -0.493 e. The third-order valence-electron chi connectivity index (χ3n) is 3.67. The number of nitrogens with one attached hydrogen (secondary N) is 1. The molecule has 0 aromatic heterocycles. The molecule has 0 fully saturated rings. The summed E-state index contributed by atoms with van der Waals surface area (Å²) < 4.78 is 26.0. The van der Waals surface area contributed by atoms with Crippen LogP contribution in [0.4, 0.5) is 0 Å². The van der Waals surface area contributed by atoms with Crippen LogP contribution in [0.5, 0.6) is 23.0 Å². The number of hydrogen-bond donors (Lipinski definition) is 1. The van der Waals surface area contributed by atoms with Crippen molar-refractivity contribution >= 4 is 18.1 Å². The van der Waals surface area contributed by atoms with Gasteiger partial charge in [0.2, 0.25) is 0 Å². The van der Waals surface area contributed by atoms with Crippen LogP contribution in [0.25, 0.3) is 0 Å². The quantitative estimate of drug-likeness (QED) is 0.340. The van der Waals surface area contributed by atoms with Crippen LogP contribution in [-0.4, -0.2) is 52.1 Å². The van der Waals surface area contributed by atoms with Crippen LogP contribution in [0.1, 0.15) is 12.5 Å². The van der Waals surface area contributed by atoms with Crippen LogP contribution < -0.4 is 24.4 Å². The van der Waals surface area contributed by atoms with Crippen LogP contribution in [0.3, 0.4) is 0 Å². The largest absolute Gasteiger partial charge is 0.493 e. The van der Waals surface area contributed by atoms with E-state index in [1.165, 1.54) is 20.4 Å². The van der Waals surface area contributed by atoms with Crippen LogP contribution in [-0.2, 0) is 14.3 Å². The van der Waals surface area contributed by atoms with Crippen LogP contribution in [0, 0.1) is 0 Å². The second-order valence-corrected chi connectivity index (χ2v) is 5.74. The van der Waals surface area contributed by atoms with Crippen LogP contribution in [0.15, 0.2) is 47.6 Å². The Kier molecular flexibility index (Phi) is 8.98. The van der Waals surface area contributed by atoms with Crippen molar-refractivity contribution in [3.63, 3.8) is 0 Å². The lowest BCUT2D eigenvalue weighted by Gasteiger charge is -2.10. The Hall–Kier alpha value is -3.75. The zero-order valence-corrected chi connectivity index (χ0v) is 17.0. The lowest BCUT2D eigenvalue weighted by atomic mass is 10.2. The summed E-state index contributed by atoms with van der Waals surface area (Å²) in [5.74, 6) is 0.890. The average molecular weight is 416 g/mol. The monoisotopic (exact) mass is 416 g/mol. The number of benzene rings is 2. The maximum Gasteiger partial charge on any atom is 0.344 e. The Bertz CT molecular complexity index is 883. The highest BCUT2D eigenvalue weighted by molar-refractivity contribution is 5.83. The van der Waals surface area contributed by atoms with Gasteiger partial charge in [-0.2, -0.15) is 5.10 Å². The van der Waals surface area contributed by atoms with E-state index in [9.17, 15) is 9.59 Å². The first-order valence-corrected chi connectivity index (χ1v) is 9.11. The molecule has 1 amide bonds. The molecular weight excluding hydrogens is 392 g/mol. The van der Waals surface area contributed by atoms with Gasteiger partial charge < -0.3 is 23.7 Å². The molecule has 0 atom stereocenters. The topological polar surface area (TPSA) is 105 Å². The molecule has 0 saturated carbocycles. The number of rotatable bonds is 11. The molecule has 0 aliphatic carbocycles. The Morgan fingerprint density at radius 3 is 2.30 bits per heavy atom. The minimum atomic E-state index is -0.469. The van der Waals surface area contributed by atoms with Crippen molar-refractivity contribution in [2.75, 3.05) is 34.0 Å². The summed E-state index contributed by atoms with van der Waals surface area (Å²) in [5, 5.41) is 3.89. The molecule has 0 aliphatic heterocycles. The predicted molar refractivity (Wildman–Crippen MR) is 109 cm³/mol. The second kappa shape index (κ2) is 11.9. The lowest BCUT2D eigenvalue weighted by Crippen LogP contribution is -2.24. The summed E-state index contributed by atoms with van der Waals surface area (Å²) in [7, 11) is 3.00. The van der Waals surface area contributed by atoms with Gasteiger partial charge in [0.1, 0.15) is 0 Å². The van der Waals surface area contributed by atoms with E-state index in [2.05, 4.69) is 10.5 Å². The molecular formula is C21H24N2O7. The number of hydrogen-bond acceptors (Lipinski definition) is 8. The van der Waals surface area contributed by atoms with Crippen LogP contribution in [0.2, 0.25) is 0 Å². The molecule has 9 heteroatoms. The number of para-hydroxylation sites is 2. The number of amides is 1. The smallest absolute Gasteiger partial charge is 0.344 e. The lowest BCUT2D eigenvalue weighted by molar-refractivity contribution is -0.145. The first-order valence-electron chi connectivity index (χ1n) is 9.11. The highest BCUT2D eigenvalue weighted by Gasteiger charge is 2.09. The number of carbonyl (C=O) groups is 2. The maximum atomic E-state index is 11.9. The molecule has 2 rings (SSSR count). The highest BCUT2D eigenvalue weighted by Crippen LogP contribution is 2.27. The molecule has 30 heavy (non-hydrogen) atoms. The standard InChI is InChI=1S/C21H24N2O7/c1-4-28-21(25)14-30-18-10-9-15(11-19(18)27-3)12-22-23-20(24)13-29-17-8-6-5-7-16(17)26-2/h5-12H,4,13-14H2,1-3H3,(H,23,24)/b22-12-. The van der Waals surface area contributed by atoms with Gasteiger partial charge >= 0.3 is 5.97 Å². The molecule has 160 valence electrons. The highest BCUT2D eigenvalue weighted by atomic mass is 16.6. The summed E-state index contributed by atoms with van der Waals surface area (Å²) in [6.07, 6.45) is 1.44. The van der Waals surface area contributed by atoms with Crippen molar-refractivity contribution in [3.05, 3.63) is 48.0 Å². The first kappa shape index (κ1) is 22.5. The van der Waals surface area contributed by atoms with Gasteiger partial charge in [-0.25, -0.2) is 10.2 Å². The summed E-state index contributed by atoms with van der Waals surface area (Å²) in [4.78, 5) is 23.3. The molecule has 0 bridgehead atoms. The summed E-state index contributed by atoms with van der Waals surface area (Å²) in [6, 6.07) is 12.0. The van der Waals surface area contributed by atoms with Gasteiger partial charge in [0.25, 0.3) is 5.91 Å². The minimum absolute atomic E-state index is 0.221. The zero-order valence-electron chi connectivity index (χ0n) is 17.0. The Morgan fingerprint density at radius 1 is 0.933 bits per heavy atom. The molecule has 2 aromatic rings. The Morgan fingerprint density at radius 2 is 1.60 bits per heavy atom. The zero-order chi connectivity index (χ0) is 21.8. The van der Waals surface area contributed by atoms with Crippen molar-refractivity contribution < 1.29 is 33.3 Å². The first-order chi connectivity index (χ1) is 14.6. The average Bonchev–Trinajstić information content (AvgIpc) is 2.77. The van der Waals surface area contributed by atoms with E-state index in [0.717, 1.165) is 0 Å². The summed E-state index contributed by atoms with van der Waals surface area (Å²) in [5.41, 5.74) is 3.03. The van der Waals surface area contributed by atoms with E-state index in [1.807, 2.05) is 0 Å². The molecule has 0 spiro atoms. The van der Waals surface area contributed by atoms with Gasteiger partial charge in [0, 0.05) is 0 Å². The van der Waals surface area contributed by atoms with Gasteiger partial charge in [-0.1, -0.05) is 12.1 Å². The van der Waals surface area contributed by atoms with Crippen molar-refractivity contribution in [1.29, 1.82) is 0 Å². The second-order valence-electron chi connectivity index (χ2n) is 5.74. The van der Waals surface area contributed by atoms with Crippen molar-refractivity contribution in [2.24, 2.45) is 5.10 Å². The predicted octanol–water partition coefficient (Wildman–Crippen LogP) is 2.17. The van der Waals surface area contributed by atoms with E-state index in [-0.39, 0.29) is 19.8 Å². The van der Waals surface area contributed by atoms with Crippen LogP contribution >= 0.6 is 0 Å². The maximum absolute atomic E-state index is 11.9.